The summed E-state index contributed by atoms with van der Waals surface area (Å²) in [4.78, 5) is 14.4. The molecule has 1 aromatic heterocycles. The van der Waals surface area contributed by atoms with Crippen molar-refractivity contribution in [3.63, 3.8) is 0 Å². The van der Waals surface area contributed by atoms with Gasteiger partial charge in [0.25, 0.3) is 0 Å². The second-order valence-electron chi connectivity index (χ2n) is 8.17. The molecule has 1 fully saturated rings. The van der Waals surface area contributed by atoms with Crippen LogP contribution in [0.25, 0.3) is 0 Å². The summed E-state index contributed by atoms with van der Waals surface area (Å²) in [5.74, 6) is -4.89. The maximum absolute atomic E-state index is 13.5. The highest BCUT2D eigenvalue weighted by atomic mass is 32.2. The minimum absolute atomic E-state index is 0.0107. The van der Waals surface area contributed by atoms with Crippen molar-refractivity contribution in [1.29, 1.82) is 0 Å². The molecule has 0 saturated carbocycles. The Kier molecular flexibility index (Phi) is 5.70. The van der Waals surface area contributed by atoms with E-state index in [-0.39, 0.29) is 30.3 Å². The molecule has 2 aromatic rings. The van der Waals surface area contributed by atoms with Crippen LogP contribution in [0.3, 0.4) is 0 Å². The predicted molar refractivity (Wildman–Crippen MR) is 109 cm³/mol. The van der Waals surface area contributed by atoms with E-state index in [0.29, 0.717) is 17.9 Å². The van der Waals surface area contributed by atoms with E-state index in [1.54, 1.807) is 18.5 Å². The number of methoxy groups -OCH3 is 1. The van der Waals surface area contributed by atoms with Gasteiger partial charge in [-0.3, -0.25) is 13.8 Å². The van der Waals surface area contributed by atoms with Crippen LogP contribution >= 0.6 is 0 Å². The van der Waals surface area contributed by atoms with Crippen molar-refractivity contribution < 1.29 is 31.1 Å². The molecule has 0 spiro atoms. The Morgan fingerprint density at radius 2 is 1.88 bits per heavy atom. The highest BCUT2D eigenvalue weighted by Crippen LogP contribution is 2.35. The third kappa shape index (κ3) is 3.75. The van der Waals surface area contributed by atoms with Gasteiger partial charge >= 0.3 is 0 Å². The van der Waals surface area contributed by atoms with Gasteiger partial charge in [0.15, 0.2) is 17.5 Å². The van der Waals surface area contributed by atoms with Crippen LogP contribution in [0.2, 0.25) is 0 Å². The van der Waals surface area contributed by atoms with Crippen LogP contribution in [0.15, 0.2) is 18.3 Å². The van der Waals surface area contributed by atoms with Gasteiger partial charge in [-0.15, -0.1) is 0 Å². The Morgan fingerprint density at radius 3 is 2.47 bits per heavy atom. The van der Waals surface area contributed by atoms with E-state index in [1.165, 1.54) is 22.5 Å². The van der Waals surface area contributed by atoms with Crippen LogP contribution in [-0.2, 0) is 39.1 Å². The smallest absolute Gasteiger partial charge is 0.238 e. The molecule has 2 unspecified atom stereocenters. The maximum atomic E-state index is 13.5. The van der Waals surface area contributed by atoms with Gasteiger partial charge in [-0.05, 0) is 31.5 Å². The minimum atomic E-state index is -3.63. The van der Waals surface area contributed by atoms with Crippen LogP contribution < -0.4 is 4.31 Å². The second-order valence-corrected chi connectivity index (χ2v) is 10.1. The number of nitrogens with zero attached hydrogens (tertiary/aromatic N) is 4. The van der Waals surface area contributed by atoms with Crippen LogP contribution in [0.4, 0.5) is 18.9 Å². The van der Waals surface area contributed by atoms with E-state index in [4.69, 9.17) is 4.74 Å². The molecule has 3 atom stereocenters. The SMILES string of the molecule is COC1CS(=O)(=O)N(c2cnn3c2CN(C(=O)Cc2cc(F)c(F)c(F)c2)[C@@H](C)C3)C1C. The lowest BCUT2D eigenvalue weighted by atomic mass is 10.1. The summed E-state index contributed by atoms with van der Waals surface area (Å²) >= 11 is 0. The molecule has 8 nitrogen and oxygen atoms in total. The van der Waals surface area contributed by atoms with Gasteiger partial charge in [0, 0.05) is 13.2 Å². The minimum Gasteiger partial charge on any atom is -0.378 e. The number of aromatic nitrogens is 2. The van der Waals surface area contributed by atoms with Crippen LogP contribution in [0.5, 0.6) is 0 Å². The molecule has 2 aliphatic heterocycles. The first kappa shape index (κ1) is 22.6. The number of hydrogen-bond donors (Lipinski definition) is 0. The molecule has 1 aromatic carbocycles. The van der Waals surface area contributed by atoms with Crippen molar-refractivity contribution in [2.45, 2.75) is 51.5 Å². The van der Waals surface area contributed by atoms with Gasteiger partial charge in [-0.1, -0.05) is 0 Å². The molecule has 0 aliphatic carbocycles. The molecule has 0 N–H and O–H groups in total. The summed E-state index contributed by atoms with van der Waals surface area (Å²) < 4.78 is 74.1. The number of anilines is 1. The third-order valence-corrected chi connectivity index (χ3v) is 7.94. The standard InChI is InChI=1S/C20H23F3N4O4S/c1-11-8-26-17(16(7-24-26)27-12(2)18(31-3)10-32(27,29)30)9-25(11)19(28)6-13-4-14(21)20(23)15(22)5-13/h4-5,7,11-12,18H,6,8-10H2,1-3H3/t11-,12?,18?/m0/s1. The summed E-state index contributed by atoms with van der Waals surface area (Å²) in [5.41, 5.74) is 0.928. The Labute approximate surface area is 183 Å². The van der Waals surface area contributed by atoms with E-state index < -0.39 is 45.5 Å². The van der Waals surface area contributed by atoms with E-state index in [1.807, 2.05) is 0 Å². The zero-order chi connectivity index (χ0) is 23.4. The molecule has 174 valence electrons. The number of amides is 1. The first-order valence-corrected chi connectivity index (χ1v) is 11.7. The monoisotopic (exact) mass is 472 g/mol. The summed E-state index contributed by atoms with van der Waals surface area (Å²) in [7, 11) is -2.18. The quantitative estimate of drug-likeness (QED) is 0.634. The number of benzene rings is 1. The molecular weight excluding hydrogens is 449 g/mol. The number of ether oxygens (including phenoxy) is 1. The molecular formula is C20H23F3N4O4S. The normalized spacial score (nSPS) is 24.6. The molecule has 1 amide bonds. The highest BCUT2D eigenvalue weighted by Gasteiger charge is 2.45. The predicted octanol–water partition coefficient (Wildman–Crippen LogP) is 1.83. The molecule has 12 heteroatoms. The average molecular weight is 472 g/mol. The van der Waals surface area contributed by atoms with Gasteiger partial charge in [0.2, 0.25) is 15.9 Å². The zero-order valence-corrected chi connectivity index (χ0v) is 18.6. The molecule has 3 heterocycles. The lowest BCUT2D eigenvalue weighted by Gasteiger charge is -2.35. The highest BCUT2D eigenvalue weighted by molar-refractivity contribution is 7.93. The average Bonchev–Trinajstić information content (AvgIpc) is 3.21. The van der Waals surface area contributed by atoms with Gasteiger partial charge in [0.1, 0.15) is 0 Å². The first-order valence-electron chi connectivity index (χ1n) is 10.1. The molecule has 2 aliphatic rings. The van der Waals surface area contributed by atoms with Crippen molar-refractivity contribution in [2.24, 2.45) is 0 Å². The Morgan fingerprint density at radius 1 is 1.22 bits per heavy atom. The molecule has 0 bridgehead atoms. The Balaban J connectivity index is 1.61. The van der Waals surface area contributed by atoms with Gasteiger partial charge in [0.05, 0.1) is 55.0 Å². The lowest BCUT2D eigenvalue weighted by molar-refractivity contribution is -0.134. The number of carbonyl (C=O) groups excluding carboxylic acids is 1. The fraction of sp³-hybridized carbons (Fsp3) is 0.500. The van der Waals surface area contributed by atoms with E-state index in [0.717, 1.165) is 12.1 Å². The number of hydrogen-bond acceptors (Lipinski definition) is 5. The number of halogens is 3. The number of fused-ring (bicyclic) bond motifs is 1. The number of sulfonamides is 1. The van der Waals surface area contributed by atoms with Crippen LogP contribution in [0, 0.1) is 17.5 Å². The first-order chi connectivity index (χ1) is 15.0. The van der Waals surface area contributed by atoms with Crippen molar-refractivity contribution >= 4 is 21.6 Å². The topological polar surface area (TPSA) is 84.7 Å². The summed E-state index contributed by atoms with van der Waals surface area (Å²) in [6.45, 7) is 3.93. The fourth-order valence-electron chi connectivity index (χ4n) is 4.36. The van der Waals surface area contributed by atoms with E-state index in [9.17, 15) is 26.4 Å². The van der Waals surface area contributed by atoms with E-state index in [2.05, 4.69) is 5.10 Å². The molecule has 4 rings (SSSR count). The van der Waals surface area contributed by atoms with Crippen molar-refractivity contribution in [3.05, 3.63) is 47.0 Å². The molecule has 32 heavy (non-hydrogen) atoms. The largest absolute Gasteiger partial charge is 0.378 e. The fourth-order valence-corrected chi connectivity index (χ4v) is 6.44. The zero-order valence-electron chi connectivity index (χ0n) is 17.8. The van der Waals surface area contributed by atoms with Crippen LogP contribution in [-0.4, -0.2) is 60.1 Å². The van der Waals surface area contributed by atoms with Gasteiger partial charge in [-0.25, -0.2) is 21.6 Å². The number of carbonyl (C=O) groups is 1. The van der Waals surface area contributed by atoms with Crippen molar-refractivity contribution in [1.82, 2.24) is 14.7 Å². The van der Waals surface area contributed by atoms with E-state index >= 15 is 0 Å². The molecule has 0 radical (unpaired) electrons. The van der Waals surface area contributed by atoms with Crippen molar-refractivity contribution in [2.75, 3.05) is 17.2 Å². The summed E-state index contributed by atoms with van der Waals surface area (Å²) in [6, 6.07) is 0.846. The van der Waals surface area contributed by atoms with Crippen molar-refractivity contribution in [3.8, 4) is 0 Å². The maximum Gasteiger partial charge on any atom is 0.238 e. The molecule has 1 saturated heterocycles. The second kappa shape index (κ2) is 8.07. The van der Waals surface area contributed by atoms with Gasteiger partial charge in [-0.2, -0.15) is 5.10 Å². The Hall–Kier alpha value is -2.60. The Bertz CT molecular complexity index is 1150. The lowest BCUT2D eigenvalue weighted by Crippen LogP contribution is -2.46. The van der Waals surface area contributed by atoms with Gasteiger partial charge < -0.3 is 9.64 Å². The summed E-state index contributed by atoms with van der Waals surface area (Å²) in [6.07, 6.45) is 0.637. The summed E-state index contributed by atoms with van der Waals surface area (Å²) in [5, 5.41) is 4.30. The third-order valence-electron chi connectivity index (χ3n) is 6.06. The number of rotatable bonds is 4. The van der Waals surface area contributed by atoms with Crippen LogP contribution in [0.1, 0.15) is 25.1 Å².